The third-order valence-electron chi connectivity index (χ3n) is 3.81. The second-order valence-corrected chi connectivity index (χ2v) is 5.27. The lowest BCUT2D eigenvalue weighted by atomic mass is 9.93. The molecule has 20 heavy (non-hydrogen) atoms. The van der Waals surface area contributed by atoms with Crippen molar-refractivity contribution < 1.29 is 4.79 Å². The molecule has 4 N–H and O–H groups in total. The van der Waals surface area contributed by atoms with E-state index in [9.17, 15) is 4.79 Å². The molecule has 5 nitrogen and oxygen atoms in total. The Hall–Kier alpha value is -2.22. The molecule has 106 valence electrons. The number of carbonyl (C=O) groups is 1. The minimum absolute atomic E-state index is 0.167. The number of nitrogens with zero attached hydrogens (tertiary/aromatic N) is 2. The number of nitrogen functional groups attached to an aromatic ring is 1. The first kappa shape index (κ1) is 14.2. The fourth-order valence-corrected chi connectivity index (χ4v) is 2.86. The third kappa shape index (κ3) is 3.21. The molecule has 0 unspecified atom stereocenters. The number of benzene rings is 1. The van der Waals surface area contributed by atoms with E-state index in [1.54, 1.807) is 12.1 Å². The minimum atomic E-state index is -0.362. The summed E-state index contributed by atoms with van der Waals surface area (Å²) in [5.41, 5.74) is 13.3. The number of carbonyl (C=O) groups excluding carboxylic acids is 1. The van der Waals surface area contributed by atoms with E-state index in [4.69, 9.17) is 16.7 Å². The Kier molecular flexibility index (Phi) is 4.46. The average molecular weight is 272 g/mol. The number of nitriles is 1. The average Bonchev–Trinajstić information content (AvgIpc) is 2.45. The summed E-state index contributed by atoms with van der Waals surface area (Å²) in [6.45, 7) is 0.167. The number of hydrogen-bond donors (Lipinski definition) is 2. The summed E-state index contributed by atoms with van der Waals surface area (Å²) in [7, 11) is 0. The van der Waals surface area contributed by atoms with E-state index in [0.29, 0.717) is 17.3 Å². The van der Waals surface area contributed by atoms with Gasteiger partial charge in [0.05, 0.1) is 29.6 Å². The molecule has 1 aliphatic carbocycles. The van der Waals surface area contributed by atoms with Gasteiger partial charge in [-0.3, -0.25) is 4.79 Å². The van der Waals surface area contributed by atoms with Crippen molar-refractivity contribution in [2.75, 3.05) is 17.2 Å². The van der Waals surface area contributed by atoms with E-state index < -0.39 is 0 Å². The first-order valence-electron chi connectivity index (χ1n) is 6.96. The summed E-state index contributed by atoms with van der Waals surface area (Å²) in [5, 5.41) is 8.89. The summed E-state index contributed by atoms with van der Waals surface area (Å²) < 4.78 is 0. The molecule has 1 aromatic carbocycles. The highest BCUT2D eigenvalue weighted by Crippen LogP contribution is 2.31. The SMILES string of the molecule is N#Cc1ccc(N(CC(N)=O)C2CCCCC2)c(N)c1. The molecule has 0 atom stereocenters. The molecule has 2 rings (SSSR count). The zero-order valence-electron chi connectivity index (χ0n) is 11.5. The maximum Gasteiger partial charge on any atom is 0.236 e. The van der Waals surface area contributed by atoms with Gasteiger partial charge in [-0.15, -0.1) is 0 Å². The molecule has 0 spiro atoms. The van der Waals surface area contributed by atoms with Gasteiger partial charge in [0.25, 0.3) is 0 Å². The van der Waals surface area contributed by atoms with Gasteiger partial charge in [-0.05, 0) is 31.0 Å². The Balaban J connectivity index is 2.30. The highest BCUT2D eigenvalue weighted by molar-refractivity contribution is 5.82. The van der Waals surface area contributed by atoms with Crippen molar-refractivity contribution >= 4 is 17.3 Å². The second-order valence-electron chi connectivity index (χ2n) is 5.27. The molecule has 1 aromatic rings. The number of hydrogen-bond acceptors (Lipinski definition) is 4. The van der Waals surface area contributed by atoms with E-state index in [-0.39, 0.29) is 12.5 Å². The quantitative estimate of drug-likeness (QED) is 0.816. The number of primary amides is 1. The smallest absolute Gasteiger partial charge is 0.236 e. The molecule has 1 amide bonds. The van der Waals surface area contributed by atoms with Crippen LogP contribution in [0.1, 0.15) is 37.7 Å². The predicted octanol–water partition coefficient (Wildman–Crippen LogP) is 1.76. The van der Waals surface area contributed by atoms with E-state index in [1.807, 2.05) is 11.0 Å². The number of nitrogens with two attached hydrogens (primary N) is 2. The molecule has 5 heteroatoms. The molecule has 0 heterocycles. The van der Waals surface area contributed by atoms with Gasteiger partial charge < -0.3 is 16.4 Å². The monoisotopic (exact) mass is 272 g/mol. The molecular weight excluding hydrogens is 252 g/mol. The Bertz CT molecular complexity index is 529. The molecule has 1 aliphatic rings. The normalized spacial score (nSPS) is 15.6. The maximum absolute atomic E-state index is 11.3. The van der Waals surface area contributed by atoms with E-state index >= 15 is 0 Å². The van der Waals surface area contributed by atoms with Crippen LogP contribution in [-0.2, 0) is 4.79 Å². The van der Waals surface area contributed by atoms with Crippen molar-refractivity contribution in [1.82, 2.24) is 0 Å². The lowest BCUT2D eigenvalue weighted by Gasteiger charge is -2.36. The fraction of sp³-hybridized carbons (Fsp3) is 0.467. The molecule has 1 saturated carbocycles. The van der Waals surface area contributed by atoms with Crippen molar-refractivity contribution in [2.24, 2.45) is 5.73 Å². The molecule has 0 bridgehead atoms. The minimum Gasteiger partial charge on any atom is -0.397 e. The Labute approximate surface area is 119 Å². The van der Waals surface area contributed by atoms with Crippen LogP contribution >= 0.6 is 0 Å². The predicted molar refractivity (Wildman–Crippen MR) is 79.0 cm³/mol. The van der Waals surface area contributed by atoms with Crippen molar-refractivity contribution in [3.8, 4) is 6.07 Å². The van der Waals surface area contributed by atoms with Crippen molar-refractivity contribution in [3.05, 3.63) is 23.8 Å². The van der Waals surface area contributed by atoms with Gasteiger partial charge in [0.2, 0.25) is 5.91 Å². The van der Waals surface area contributed by atoms with Crippen LogP contribution in [0, 0.1) is 11.3 Å². The lowest BCUT2D eigenvalue weighted by Crippen LogP contribution is -2.42. The second kappa shape index (κ2) is 6.29. The van der Waals surface area contributed by atoms with Crippen molar-refractivity contribution in [2.45, 2.75) is 38.1 Å². The van der Waals surface area contributed by atoms with Gasteiger partial charge in [0.1, 0.15) is 0 Å². The van der Waals surface area contributed by atoms with Gasteiger partial charge in [-0.25, -0.2) is 0 Å². The number of anilines is 2. The zero-order valence-corrected chi connectivity index (χ0v) is 11.5. The van der Waals surface area contributed by atoms with Crippen LogP contribution in [0.4, 0.5) is 11.4 Å². The number of amides is 1. The number of rotatable bonds is 4. The largest absolute Gasteiger partial charge is 0.397 e. The van der Waals surface area contributed by atoms with Crippen LogP contribution in [0.3, 0.4) is 0 Å². The van der Waals surface area contributed by atoms with Crippen molar-refractivity contribution in [1.29, 1.82) is 5.26 Å². The van der Waals surface area contributed by atoms with Gasteiger partial charge in [-0.1, -0.05) is 19.3 Å². The van der Waals surface area contributed by atoms with Crippen molar-refractivity contribution in [3.63, 3.8) is 0 Å². The molecule has 1 fully saturated rings. The maximum atomic E-state index is 11.3. The first-order valence-corrected chi connectivity index (χ1v) is 6.96. The summed E-state index contributed by atoms with van der Waals surface area (Å²) in [4.78, 5) is 13.3. The molecule has 0 saturated heterocycles. The Morgan fingerprint density at radius 2 is 2.05 bits per heavy atom. The highest BCUT2D eigenvalue weighted by Gasteiger charge is 2.24. The molecular formula is C15H20N4O. The molecule has 0 aliphatic heterocycles. The third-order valence-corrected chi connectivity index (χ3v) is 3.81. The van der Waals surface area contributed by atoms with E-state index in [1.165, 1.54) is 6.42 Å². The Morgan fingerprint density at radius 3 is 2.60 bits per heavy atom. The lowest BCUT2D eigenvalue weighted by molar-refractivity contribution is -0.116. The fourth-order valence-electron chi connectivity index (χ4n) is 2.86. The van der Waals surface area contributed by atoms with Gasteiger partial charge >= 0.3 is 0 Å². The van der Waals surface area contributed by atoms with Gasteiger partial charge in [0.15, 0.2) is 0 Å². The van der Waals surface area contributed by atoms with Crippen LogP contribution in [0.2, 0.25) is 0 Å². The summed E-state index contributed by atoms with van der Waals surface area (Å²) in [5.74, 6) is -0.362. The van der Waals surface area contributed by atoms with E-state index in [2.05, 4.69) is 6.07 Å². The summed E-state index contributed by atoms with van der Waals surface area (Å²) in [6.07, 6.45) is 5.66. The molecule has 0 aromatic heterocycles. The topological polar surface area (TPSA) is 96.1 Å². The van der Waals surface area contributed by atoms with E-state index in [0.717, 1.165) is 31.4 Å². The Morgan fingerprint density at radius 1 is 1.35 bits per heavy atom. The summed E-state index contributed by atoms with van der Waals surface area (Å²) >= 11 is 0. The molecule has 0 radical (unpaired) electrons. The van der Waals surface area contributed by atoms with Crippen LogP contribution < -0.4 is 16.4 Å². The standard InChI is InChI=1S/C15H20N4O/c16-9-11-6-7-14(13(17)8-11)19(10-15(18)20)12-4-2-1-3-5-12/h6-8,12H,1-5,10,17H2,(H2,18,20). The van der Waals surface area contributed by atoms with Crippen LogP contribution in [0.15, 0.2) is 18.2 Å². The van der Waals surface area contributed by atoms with Crippen LogP contribution in [0.5, 0.6) is 0 Å². The van der Waals surface area contributed by atoms with Gasteiger partial charge in [0, 0.05) is 6.04 Å². The summed E-state index contributed by atoms with van der Waals surface area (Å²) in [6, 6.07) is 7.54. The van der Waals surface area contributed by atoms with Crippen LogP contribution in [0.25, 0.3) is 0 Å². The highest BCUT2D eigenvalue weighted by atomic mass is 16.1. The van der Waals surface area contributed by atoms with Gasteiger partial charge in [-0.2, -0.15) is 5.26 Å². The zero-order chi connectivity index (χ0) is 14.5. The first-order chi connectivity index (χ1) is 9.61. The van der Waals surface area contributed by atoms with Crippen LogP contribution in [-0.4, -0.2) is 18.5 Å².